The minimum Gasteiger partial charge on any atom is -0.493 e. The number of carbonyl (C=O) groups is 1. The summed E-state index contributed by atoms with van der Waals surface area (Å²) in [6.07, 6.45) is 1.30. The van der Waals surface area contributed by atoms with Crippen LogP contribution in [0.25, 0.3) is 0 Å². The smallest absolute Gasteiger partial charge is 0.387 e. The van der Waals surface area contributed by atoms with E-state index in [1.807, 2.05) is 32.0 Å². The van der Waals surface area contributed by atoms with Crippen LogP contribution in [0.15, 0.2) is 41.5 Å². The summed E-state index contributed by atoms with van der Waals surface area (Å²) in [5.41, 5.74) is 4.70. The van der Waals surface area contributed by atoms with Crippen LogP contribution in [0.4, 0.5) is 8.78 Å². The molecule has 0 fully saturated rings. The number of rotatable bonds is 8. The maximum Gasteiger partial charge on any atom is 0.387 e. The number of methoxy groups -OCH3 is 1. The van der Waals surface area contributed by atoms with Crippen LogP contribution in [0, 0.1) is 13.8 Å². The van der Waals surface area contributed by atoms with Crippen molar-refractivity contribution in [2.24, 2.45) is 5.10 Å². The van der Waals surface area contributed by atoms with Crippen LogP contribution >= 0.6 is 0 Å². The van der Waals surface area contributed by atoms with E-state index in [-0.39, 0.29) is 18.1 Å². The van der Waals surface area contributed by atoms with Crippen LogP contribution in [-0.2, 0) is 4.79 Å². The Kier molecular flexibility index (Phi) is 7.10. The molecule has 0 saturated carbocycles. The van der Waals surface area contributed by atoms with Crippen molar-refractivity contribution in [1.82, 2.24) is 5.43 Å². The first-order valence-electron chi connectivity index (χ1n) is 8.04. The topological polar surface area (TPSA) is 69.2 Å². The molecule has 1 N–H and O–H groups in total. The van der Waals surface area contributed by atoms with Gasteiger partial charge in [0.1, 0.15) is 5.75 Å². The first-order valence-corrected chi connectivity index (χ1v) is 8.04. The van der Waals surface area contributed by atoms with Crippen LogP contribution in [0.3, 0.4) is 0 Å². The Balaban J connectivity index is 1.92. The Morgan fingerprint density at radius 1 is 1.15 bits per heavy atom. The van der Waals surface area contributed by atoms with E-state index in [4.69, 9.17) is 9.47 Å². The number of amides is 1. The molecule has 0 aromatic heterocycles. The molecule has 2 aromatic rings. The fraction of sp³-hybridized carbons (Fsp3) is 0.263. The number of hydrogen-bond donors (Lipinski definition) is 1. The van der Waals surface area contributed by atoms with Gasteiger partial charge in [-0.2, -0.15) is 13.9 Å². The minimum atomic E-state index is -2.98. The zero-order chi connectivity index (χ0) is 19.8. The number of alkyl halides is 2. The van der Waals surface area contributed by atoms with E-state index in [1.165, 1.54) is 25.5 Å². The Hall–Kier alpha value is -3.16. The van der Waals surface area contributed by atoms with Gasteiger partial charge < -0.3 is 14.2 Å². The van der Waals surface area contributed by atoms with E-state index >= 15 is 0 Å². The molecule has 0 bridgehead atoms. The van der Waals surface area contributed by atoms with E-state index in [0.717, 1.165) is 11.1 Å². The molecule has 0 atom stereocenters. The summed E-state index contributed by atoms with van der Waals surface area (Å²) >= 11 is 0. The van der Waals surface area contributed by atoms with E-state index in [0.29, 0.717) is 11.3 Å². The van der Waals surface area contributed by atoms with Gasteiger partial charge in [0.25, 0.3) is 5.91 Å². The quantitative estimate of drug-likeness (QED) is 0.564. The predicted molar refractivity (Wildman–Crippen MR) is 96.8 cm³/mol. The maximum atomic E-state index is 12.4. The lowest BCUT2D eigenvalue weighted by atomic mass is 10.1. The van der Waals surface area contributed by atoms with Crippen LogP contribution in [0.5, 0.6) is 17.2 Å². The zero-order valence-electron chi connectivity index (χ0n) is 15.2. The molecule has 2 aromatic carbocycles. The normalized spacial score (nSPS) is 10.9. The first kappa shape index (κ1) is 20.2. The molecule has 1 amide bonds. The third-order valence-corrected chi connectivity index (χ3v) is 3.51. The molecule has 144 valence electrons. The predicted octanol–water partition coefficient (Wildman–Crippen LogP) is 3.44. The van der Waals surface area contributed by atoms with E-state index in [1.54, 1.807) is 6.07 Å². The lowest BCUT2D eigenvalue weighted by molar-refractivity contribution is -0.123. The minimum absolute atomic E-state index is 0.124. The summed E-state index contributed by atoms with van der Waals surface area (Å²) in [5.74, 6) is 0.210. The maximum absolute atomic E-state index is 12.4. The molecule has 0 spiro atoms. The monoisotopic (exact) mass is 378 g/mol. The highest BCUT2D eigenvalue weighted by atomic mass is 19.3. The standard InChI is InChI=1S/C19H20F2N2O4/c1-12-4-5-13(2)16(8-12)26-11-18(24)23-22-10-14-6-7-15(25-3)17(9-14)27-19(20)21/h4-10,19H,11H2,1-3H3,(H,23,24)/b22-10-. The SMILES string of the molecule is COc1ccc(/C=N\NC(=O)COc2cc(C)ccc2C)cc1OC(F)F. The largest absolute Gasteiger partial charge is 0.493 e. The fourth-order valence-electron chi connectivity index (χ4n) is 2.18. The lowest BCUT2D eigenvalue weighted by Gasteiger charge is -2.10. The molecule has 0 aliphatic heterocycles. The van der Waals surface area contributed by atoms with Gasteiger partial charge in [-0.05, 0) is 54.8 Å². The number of benzene rings is 2. The summed E-state index contributed by atoms with van der Waals surface area (Å²) in [6, 6.07) is 10.1. The summed E-state index contributed by atoms with van der Waals surface area (Å²) in [5, 5.41) is 3.78. The van der Waals surface area contributed by atoms with Crippen LogP contribution < -0.4 is 19.6 Å². The van der Waals surface area contributed by atoms with Gasteiger partial charge in [-0.15, -0.1) is 0 Å². The van der Waals surface area contributed by atoms with Crippen molar-refractivity contribution in [2.75, 3.05) is 13.7 Å². The summed E-state index contributed by atoms with van der Waals surface area (Å²) in [7, 11) is 1.34. The van der Waals surface area contributed by atoms with Gasteiger partial charge in [-0.1, -0.05) is 12.1 Å². The van der Waals surface area contributed by atoms with E-state index < -0.39 is 12.5 Å². The molecule has 8 heteroatoms. The molecule has 0 unspecified atom stereocenters. The van der Waals surface area contributed by atoms with Crippen LogP contribution in [0.2, 0.25) is 0 Å². The van der Waals surface area contributed by atoms with E-state index in [2.05, 4.69) is 15.3 Å². The van der Waals surface area contributed by atoms with Gasteiger partial charge in [0.05, 0.1) is 13.3 Å². The number of hydrazone groups is 1. The second-order valence-electron chi connectivity index (χ2n) is 5.64. The highest BCUT2D eigenvalue weighted by Gasteiger charge is 2.11. The van der Waals surface area contributed by atoms with Gasteiger partial charge in [0.15, 0.2) is 18.1 Å². The van der Waals surface area contributed by atoms with Crippen molar-refractivity contribution < 1.29 is 27.8 Å². The van der Waals surface area contributed by atoms with Gasteiger partial charge in [-0.3, -0.25) is 4.79 Å². The molecular weight excluding hydrogens is 358 g/mol. The second-order valence-corrected chi connectivity index (χ2v) is 5.64. The average molecular weight is 378 g/mol. The van der Waals surface area contributed by atoms with Gasteiger partial charge in [0.2, 0.25) is 0 Å². The Morgan fingerprint density at radius 2 is 1.93 bits per heavy atom. The molecular formula is C19H20F2N2O4. The first-order chi connectivity index (χ1) is 12.9. The Bertz CT molecular complexity index is 825. The van der Waals surface area contributed by atoms with Crippen molar-refractivity contribution in [3.05, 3.63) is 53.1 Å². The zero-order valence-corrected chi connectivity index (χ0v) is 15.2. The summed E-state index contributed by atoms with van der Waals surface area (Å²) in [4.78, 5) is 11.8. The number of aryl methyl sites for hydroxylation is 2. The van der Waals surface area contributed by atoms with Gasteiger partial charge >= 0.3 is 6.61 Å². The second kappa shape index (κ2) is 9.51. The number of ether oxygens (including phenoxy) is 3. The number of halogens is 2. The molecule has 0 aliphatic carbocycles. The average Bonchev–Trinajstić information content (AvgIpc) is 2.62. The molecule has 0 heterocycles. The molecule has 0 saturated heterocycles. The van der Waals surface area contributed by atoms with Crippen molar-refractivity contribution in [2.45, 2.75) is 20.5 Å². The fourth-order valence-corrected chi connectivity index (χ4v) is 2.18. The Morgan fingerprint density at radius 3 is 2.63 bits per heavy atom. The highest BCUT2D eigenvalue weighted by molar-refractivity contribution is 5.83. The third kappa shape index (κ3) is 6.25. The molecule has 27 heavy (non-hydrogen) atoms. The summed E-state index contributed by atoms with van der Waals surface area (Å²) < 4.78 is 39.6. The lowest BCUT2D eigenvalue weighted by Crippen LogP contribution is -2.24. The summed E-state index contributed by atoms with van der Waals surface area (Å²) in [6.45, 7) is 0.628. The number of nitrogens with zero attached hydrogens (tertiary/aromatic N) is 1. The van der Waals surface area contributed by atoms with E-state index in [9.17, 15) is 13.6 Å². The van der Waals surface area contributed by atoms with Crippen molar-refractivity contribution >= 4 is 12.1 Å². The van der Waals surface area contributed by atoms with Crippen molar-refractivity contribution in [3.63, 3.8) is 0 Å². The highest BCUT2D eigenvalue weighted by Crippen LogP contribution is 2.28. The number of hydrogen-bond acceptors (Lipinski definition) is 5. The van der Waals surface area contributed by atoms with Gasteiger partial charge in [0, 0.05) is 0 Å². The number of carbonyl (C=O) groups excluding carboxylic acids is 1. The molecule has 2 rings (SSSR count). The Labute approximate surface area is 155 Å². The van der Waals surface area contributed by atoms with Crippen LogP contribution in [0.1, 0.15) is 16.7 Å². The third-order valence-electron chi connectivity index (χ3n) is 3.51. The number of nitrogens with one attached hydrogen (secondary N) is 1. The molecule has 0 radical (unpaired) electrons. The van der Waals surface area contributed by atoms with Crippen molar-refractivity contribution in [1.29, 1.82) is 0 Å². The van der Waals surface area contributed by atoms with Crippen LogP contribution in [-0.4, -0.2) is 32.4 Å². The van der Waals surface area contributed by atoms with Crippen molar-refractivity contribution in [3.8, 4) is 17.2 Å². The molecule has 6 nitrogen and oxygen atoms in total. The van der Waals surface area contributed by atoms with Gasteiger partial charge in [-0.25, -0.2) is 5.43 Å². The molecule has 0 aliphatic rings.